The molecular formula is C23H18N4O4. The molecular weight excluding hydrogens is 396 g/mol. The number of benzene rings is 2. The molecule has 2 aromatic carbocycles. The Bertz CT molecular complexity index is 1190. The van der Waals surface area contributed by atoms with Crippen molar-refractivity contribution in [3.63, 3.8) is 0 Å². The Hall–Kier alpha value is -4.30. The number of ketones is 1. The lowest BCUT2D eigenvalue weighted by Gasteiger charge is -2.11. The average Bonchev–Trinajstić information content (AvgIpc) is 3.30. The Morgan fingerprint density at radius 2 is 1.87 bits per heavy atom. The van der Waals surface area contributed by atoms with Crippen molar-refractivity contribution in [1.29, 1.82) is 0 Å². The number of carboxylic acids is 1. The summed E-state index contributed by atoms with van der Waals surface area (Å²) < 4.78 is 0. The highest BCUT2D eigenvalue weighted by atomic mass is 16.7. The zero-order valence-corrected chi connectivity index (χ0v) is 16.2. The molecule has 8 heteroatoms. The molecule has 154 valence electrons. The highest BCUT2D eigenvalue weighted by Crippen LogP contribution is 2.27. The third-order valence-electron chi connectivity index (χ3n) is 4.66. The van der Waals surface area contributed by atoms with Crippen LogP contribution < -0.4 is 11.2 Å². The predicted molar refractivity (Wildman–Crippen MR) is 115 cm³/mol. The number of pyridine rings is 1. The normalized spacial score (nSPS) is 15.8. The van der Waals surface area contributed by atoms with E-state index in [0.717, 1.165) is 5.56 Å². The van der Waals surface area contributed by atoms with Crippen molar-refractivity contribution in [1.82, 2.24) is 10.5 Å². The second-order valence-corrected chi connectivity index (χ2v) is 6.70. The number of rotatable bonds is 6. The number of hydrogen-bond donors (Lipinski definition) is 3. The van der Waals surface area contributed by atoms with Crippen LogP contribution in [0.4, 0.5) is 5.69 Å². The van der Waals surface area contributed by atoms with Gasteiger partial charge in [0.15, 0.2) is 11.9 Å². The fraction of sp³-hybridized carbons (Fsp3) is 0.0435. The van der Waals surface area contributed by atoms with E-state index in [1.807, 2.05) is 6.07 Å². The Labute approximate surface area is 177 Å². The number of carbonyl (C=O) groups excluding carboxylic acids is 1. The summed E-state index contributed by atoms with van der Waals surface area (Å²) in [6.07, 6.45) is 4.36. The van der Waals surface area contributed by atoms with E-state index >= 15 is 0 Å². The molecule has 8 nitrogen and oxygen atoms in total. The van der Waals surface area contributed by atoms with Gasteiger partial charge in [-0.05, 0) is 30.3 Å². The molecule has 2 heterocycles. The minimum atomic E-state index is -1.23. The molecule has 1 aromatic heterocycles. The van der Waals surface area contributed by atoms with Crippen LogP contribution in [-0.4, -0.2) is 33.8 Å². The van der Waals surface area contributed by atoms with Gasteiger partial charge in [-0.15, -0.1) is 0 Å². The van der Waals surface area contributed by atoms with Crippen molar-refractivity contribution >= 4 is 29.0 Å². The van der Waals surface area contributed by atoms with Gasteiger partial charge in [-0.25, -0.2) is 9.79 Å². The number of aromatic nitrogens is 1. The van der Waals surface area contributed by atoms with Crippen LogP contribution in [0.3, 0.4) is 0 Å². The number of nitrogens with one attached hydrogen (secondary N) is 1. The number of hydrogen-bond acceptors (Lipinski definition) is 6. The molecule has 31 heavy (non-hydrogen) atoms. The van der Waals surface area contributed by atoms with E-state index in [4.69, 9.17) is 10.6 Å². The molecule has 0 radical (unpaired) electrons. The van der Waals surface area contributed by atoms with Gasteiger partial charge in [0, 0.05) is 23.5 Å². The Morgan fingerprint density at radius 3 is 2.58 bits per heavy atom. The second-order valence-electron chi connectivity index (χ2n) is 6.70. The summed E-state index contributed by atoms with van der Waals surface area (Å²) >= 11 is 0. The van der Waals surface area contributed by atoms with E-state index in [9.17, 15) is 14.7 Å². The van der Waals surface area contributed by atoms with Gasteiger partial charge in [-0.3, -0.25) is 20.1 Å². The van der Waals surface area contributed by atoms with Gasteiger partial charge in [-0.2, -0.15) is 0 Å². The van der Waals surface area contributed by atoms with Crippen LogP contribution in [0.25, 0.3) is 5.70 Å². The van der Waals surface area contributed by atoms with Crippen LogP contribution in [0.5, 0.6) is 0 Å². The zero-order chi connectivity index (χ0) is 21.8. The van der Waals surface area contributed by atoms with Crippen LogP contribution in [0.1, 0.15) is 31.8 Å². The van der Waals surface area contributed by atoms with Gasteiger partial charge in [0.2, 0.25) is 0 Å². The van der Waals surface area contributed by atoms with Gasteiger partial charge in [0.25, 0.3) is 0 Å². The third kappa shape index (κ3) is 4.19. The summed E-state index contributed by atoms with van der Waals surface area (Å²) in [7, 11) is 0. The molecule has 1 aliphatic heterocycles. The number of carboxylic acid groups (broad SMARTS) is 1. The van der Waals surface area contributed by atoms with Crippen LogP contribution in [-0.2, 0) is 4.84 Å². The molecule has 0 spiro atoms. The van der Waals surface area contributed by atoms with Crippen molar-refractivity contribution in [2.75, 3.05) is 0 Å². The van der Waals surface area contributed by atoms with E-state index in [-0.39, 0.29) is 22.6 Å². The fourth-order valence-corrected chi connectivity index (χ4v) is 3.16. The molecule has 1 unspecified atom stereocenters. The maximum atomic E-state index is 13.1. The third-order valence-corrected chi connectivity index (χ3v) is 4.66. The van der Waals surface area contributed by atoms with Crippen LogP contribution in [0.15, 0.2) is 84.1 Å². The lowest BCUT2D eigenvalue weighted by molar-refractivity contribution is 0.0693. The van der Waals surface area contributed by atoms with E-state index < -0.39 is 17.9 Å². The fourth-order valence-electron chi connectivity index (χ4n) is 3.16. The van der Waals surface area contributed by atoms with Crippen LogP contribution in [0, 0.1) is 0 Å². The lowest BCUT2D eigenvalue weighted by atomic mass is 9.96. The predicted octanol–water partition coefficient (Wildman–Crippen LogP) is 2.94. The SMILES string of the molecule is NC(=Nc1cccc(C(=O)O)c1C(=O)c1ccccc1)C1C=C(c2cccnc2)NO1. The lowest BCUT2D eigenvalue weighted by Crippen LogP contribution is -2.29. The smallest absolute Gasteiger partial charge is 0.336 e. The van der Waals surface area contributed by atoms with E-state index in [1.54, 1.807) is 60.9 Å². The Balaban J connectivity index is 1.72. The molecule has 0 saturated carbocycles. The zero-order valence-electron chi connectivity index (χ0n) is 16.2. The number of aliphatic imine (C=N–C) groups is 1. The van der Waals surface area contributed by atoms with Gasteiger partial charge in [0.1, 0.15) is 5.84 Å². The minimum absolute atomic E-state index is 0.0356. The molecule has 0 amide bonds. The van der Waals surface area contributed by atoms with Gasteiger partial charge in [-0.1, -0.05) is 36.4 Å². The van der Waals surface area contributed by atoms with Crippen LogP contribution >= 0.6 is 0 Å². The summed E-state index contributed by atoms with van der Waals surface area (Å²) in [5.74, 6) is -1.62. The maximum Gasteiger partial charge on any atom is 0.336 e. The quantitative estimate of drug-likeness (QED) is 0.321. The highest BCUT2D eigenvalue weighted by Gasteiger charge is 2.25. The molecule has 0 saturated heterocycles. The van der Waals surface area contributed by atoms with Gasteiger partial charge >= 0.3 is 5.97 Å². The Kier molecular flexibility index (Phi) is 5.55. The van der Waals surface area contributed by atoms with Crippen molar-refractivity contribution in [3.8, 4) is 0 Å². The van der Waals surface area contributed by atoms with Crippen molar-refractivity contribution in [2.24, 2.45) is 10.7 Å². The summed E-state index contributed by atoms with van der Waals surface area (Å²) in [6.45, 7) is 0. The van der Waals surface area contributed by atoms with Gasteiger partial charge < -0.3 is 10.8 Å². The molecule has 0 aliphatic carbocycles. The molecule has 1 atom stereocenters. The molecule has 0 bridgehead atoms. The number of amidine groups is 1. The molecule has 4 N–H and O–H groups in total. The number of nitrogens with two attached hydrogens (primary N) is 1. The maximum absolute atomic E-state index is 13.1. The topological polar surface area (TPSA) is 127 Å². The van der Waals surface area contributed by atoms with E-state index in [0.29, 0.717) is 11.3 Å². The summed E-state index contributed by atoms with van der Waals surface area (Å²) in [5.41, 5.74) is 10.7. The van der Waals surface area contributed by atoms with Crippen molar-refractivity contribution in [3.05, 3.63) is 101 Å². The first-order chi connectivity index (χ1) is 15.0. The number of nitrogens with zero attached hydrogens (tertiary/aromatic N) is 2. The number of carbonyl (C=O) groups is 2. The average molecular weight is 414 g/mol. The summed E-state index contributed by atoms with van der Waals surface area (Å²) in [5, 5.41) is 9.61. The van der Waals surface area contributed by atoms with E-state index in [1.165, 1.54) is 12.1 Å². The first-order valence-electron chi connectivity index (χ1n) is 9.38. The van der Waals surface area contributed by atoms with Gasteiger partial charge in [0.05, 0.1) is 22.5 Å². The summed E-state index contributed by atoms with van der Waals surface area (Å²) in [6, 6.07) is 16.5. The first kappa shape index (κ1) is 20.0. The summed E-state index contributed by atoms with van der Waals surface area (Å²) in [4.78, 5) is 38.8. The largest absolute Gasteiger partial charge is 0.478 e. The molecule has 0 fully saturated rings. The molecule has 1 aliphatic rings. The Morgan fingerprint density at radius 1 is 1.06 bits per heavy atom. The highest BCUT2D eigenvalue weighted by molar-refractivity contribution is 6.17. The minimum Gasteiger partial charge on any atom is -0.478 e. The molecule has 4 rings (SSSR count). The van der Waals surface area contributed by atoms with Crippen molar-refractivity contribution < 1.29 is 19.5 Å². The second kappa shape index (κ2) is 8.60. The number of aromatic carboxylic acids is 1. The number of hydroxylamine groups is 1. The standard InChI is InChI=1S/C23H18N4O4/c24-22(19-12-18(27-31-19)15-8-5-11-25-13-15)26-17-10-4-9-16(23(29)30)20(17)21(28)14-6-2-1-3-7-14/h1-13,19,27H,(H2,24,26)(H,29,30). The monoisotopic (exact) mass is 414 g/mol. The first-order valence-corrected chi connectivity index (χ1v) is 9.38. The van der Waals surface area contributed by atoms with Crippen LogP contribution in [0.2, 0.25) is 0 Å². The van der Waals surface area contributed by atoms with Crippen molar-refractivity contribution in [2.45, 2.75) is 6.10 Å². The van der Waals surface area contributed by atoms with E-state index in [2.05, 4.69) is 15.5 Å². The molecule has 3 aromatic rings.